The average molecular weight is 259 g/mol. The first kappa shape index (κ1) is 12.4. The van der Waals surface area contributed by atoms with E-state index in [1.165, 1.54) is 18.4 Å². The fourth-order valence-electron chi connectivity index (χ4n) is 2.60. The summed E-state index contributed by atoms with van der Waals surface area (Å²) >= 11 is 0. The van der Waals surface area contributed by atoms with Crippen LogP contribution >= 0.6 is 0 Å². The summed E-state index contributed by atoms with van der Waals surface area (Å²) < 4.78 is 4.22. The SMILES string of the molecule is CNC(c1ccn(Cc2nnc(C)n2C)c1)C1CC1. The van der Waals surface area contributed by atoms with Gasteiger partial charge in [-0.1, -0.05) is 0 Å². The summed E-state index contributed by atoms with van der Waals surface area (Å²) in [6, 6.07) is 2.71. The van der Waals surface area contributed by atoms with Gasteiger partial charge >= 0.3 is 0 Å². The lowest BCUT2D eigenvalue weighted by Crippen LogP contribution is -2.17. The third-order valence-corrected chi connectivity index (χ3v) is 4.04. The summed E-state index contributed by atoms with van der Waals surface area (Å²) in [5.41, 5.74) is 1.38. The highest BCUT2D eigenvalue weighted by Gasteiger charge is 2.31. The van der Waals surface area contributed by atoms with Crippen molar-refractivity contribution in [2.75, 3.05) is 7.05 Å². The molecule has 2 heterocycles. The van der Waals surface area contributed by atoms with Gasteiger partial charge in [-0.2, -0.15) is 0 Å². The van der Waals surface area contributed by atoms with E-state index in [1.54, 1.807) is 0 Å². The smallest absolute Gasteiger partial charge is 0.152 e. The van der Waals surface area contributed by atoms with Gasteiger partial charge in [0.15, 0.2) is 5.82 Å². The highest BCUT2D eigenvalue weighted by molar-refractivity contribution is 5.18. The van der Waals surface area contributed by atoms with Gasteiger partial charge < -0.3 is 14.5 Å². The van der Waals surface area contributed by atoms with Crippen LogP contribution < -0.4 is 5.32 Å². The minimum Gasteiger partial charge on any atom is -0.346 e. The molecule has 1 aliphatic rings. The Morgan fingerprint density at radius 1 is 1.42 bits per heavy atom. The number of aryl methyl sites for hydroxylation is 1. The molecular formula is C14H21N5. The Balaban J connectivity index is 1.76. The molecule has 1 unspecified atom stereocenters. The second kappa shape index (κ2) is 4.81. The molecule has 3 rings (SSSR count). The minimum atomic E-state index is 0.502. The van der Waals surface area contributed by atoms with Crippen molar-refractivity contribution in [1.82, 2.24) is 24.6 Å². The summed E-state index contributed by atoms with van der Waals surface area (Å²) in [6.07, 6.45) is 7.05. The molecule has 0 radical (unpaired) electrons. The number of hydrogen-bond donors (Lipinski definition) is 1. The molecule has 2 aromatic heterocycles. The van der Waals surface area contributed by atoms with Crippen molar-refractivity contribution in [1.29, 1.82) is 0 Å². The minimum absolute atomic E-state index is 0.502. The lowest BCUT2D eigenvalue weighted by molar-refractivity contribution is 0.527. The van der Waals surface area contributed by atoms with Crippen LogP contribution in [-0.4, -0.2) is 26.4 Å². The fraction of sp³-hybridized carbons (Fsp3) is 0.571. The van der Waals surface area contributed by atoms with Gasteiger partial charge in [-0.3, -0.25) is 0 Å². The van der Waals surface area contributed by atoms with Crippen LogP contribution in [0.3, 0.4) is 0 Å². The standard InChI is InChI=1S/C14H21N5/c1-10-16-17-13(18(10)3)9-19-7-6-12(8-19)14(15-2)11-4-5-11/h6-8,11,14-15H,4-5,9H2,1-3H3. The van der Waals surface area contributed by atoms with Gasteiger partial charge in [0.1, 0.15) is 5.82 Å². The topological polar surface area (TPSA) is 47.7 Å². The van der Waals surface area contributed by atoms with E-state index in [-0.39, 0.29) is 0 Å². The third kappa shape index (κ3) is 2.42. The van der Waals surface area contributed by atoms with E-state index < -0.39 is 0 Å². The highest BCUT2D eigenvalue weighted by Crippen LogP contribution is 2.40. The summed E-state index contributed by atoms with van der Waals surface area (Å²) in [4.78, 5) is 0. The summed E-state index contributed by atoms with van der Waals surface area (Å²) in [5.74, 6) is 2.76. The summed E-state index contributed by atoms with van der Waals surface area (Å²) in [5, 5.41) is 11.7. The van der Waals surface area contributed by atoms with Crippen LogP contribution in [-0.2, 0) is 13.6 Å². The first-order valence-electron chi connectivity index (χ1n) is 6.87. The van der Waals surface area contributed by atoms with Crippen molar-refractivity contribution in [3.8, 4) is 0 Å². The van der Waals surface area contributed by atoms with Gasteiger partial charge in [0.25, 0.3) is 0 Å². The molecule has 2 aromatic rings. The Bertz CT molecular complexity index is 564. The van der Waals surface area contributed by atoms with Crippen molar-refractivity contribution < 1.29 is 0 Å². The quantitative estimate of drug-likeness (QED) is 0.888. The van der Waals surface area contributed by atoms with E-state index in [9.17, 15) is 0 Å². The average Bonchev–Trinajstić information content (AvgIpc) is 3.06. The van der Waals surface area contributed by atoms with Crippen molar-refractivity contribution in [2.24, 2.45) is 13.0 Å². The van der Waals surface area contributed by atoms with Crippen molar-refractivity contribution >= 4 is 0 Å². The lowest BCUT2D eigenvalue weighted by atomic mass is 10.1. The normalized spacial score (nSPS) is 16.8. The summed E-state index contributed by atoms with van der Waals surface area (Å²) in [6.45, 7) is 2.75. The Hall–Kier alpha value is -1.62. The van der Waals surface area contributed by atoms with E-state index in [2.05, 4.69) is 38.5 Å². The molecule has 19 heavy (non-hydrogen) atoms. The maximum Gasteiger partial charge on any atom is 0.152 e. The van der Waals surface area contributed by atoms with Gasteiger partial charge in [-0.25, -0.2) is 0 Å². The Labute approximate surface area is 113 Å². The molecule has 0 saturated heterocycles. The molecule has 0 bridgehead atoms. The number of aromatic nitrogens is 4. The molecule has 5 nitrogen and oxygen atoms in total. The second-order valence-corrected chi connectivity index (χ2v) is 5.44. The van der Waals surface area contributed by atoms with Crippen LogP contribution in [0.1, 0.15) is 36.1 Å². The zero-order chi connectivity index (χ0) is 13.4. The Kier molecular flexibility index (Phi) is 3.14. The molecule has 0 amide bonds. The van der Waals surface area contributed by atoms with Gasteiger partial charge in [0.05, 0.1) is 6.54 Å². The molecule has 5 heteroatoms. The Morgan fingerprint density at radius 3 is 2.79 bits per heavy atom. The van der Waals surface area contributed by atoms with E-state index in [0.29, 0.717) is 6.04 Å². The number of hydrogen-bond acceptors (Lipinski definition) is 3. The van der Waals surface area contributed by atoms with Crippen LogP contribution in [0.15, 0.2) is 18.5 Å². The Morgan fingerprint density at radius 2 is 2.21 bits per heavy atom. The molecule has 1 aliphatic carbocycles. The van der Waals surface area contributed by atoms with Gasteiger partial charge in [-0.15, -0.1) is 10.2 Å². The molecule has 0 spiro atoms. The zero-order valence-corrected chi connectivity index (χ0v) is 11.8. The predicted molar refractivity (Wildman–Crippen MR) is 73.8 cm³/mol. The van der Waals surface area contributed by atoms with Crippen molar-refractivity contribution in [3.05, 3.63) is 35.7 Å². The molecule has 1 fully saturated rings. The largest absolute Gasteiger partial charge is 0.346 e. The van der Waals surface area contributed by atoms with Crippen LogP contribution in [0, 0.1) is 12.8 Å². The first-order chi connectivity index (χ1) is 9.19. The molecule has 1 N–H and O–H groups in total. The molecule has 0 aromatic carbocycles. The summed E-state index contributed by atoms with van der Waals surface area (Å²) in [7, 11) is 4.06. The van der Waals surface area contributed by atoms with E-state index in [4.69, 9.17) is 0 Å². The second-order valence-electron chi connectivity index (χ2n) is 5.44. The monoisotopic (exact) mass is 259 g/mol. The molecule has 0 aliphatic heterocycles. The highest BCUT2D eigenvalue weighted by atomic mass is 15.3. The fourth-order valence-corrected chi connectivity index (χ4v) is 2.60. The van der Waals surface area contributed by atoms with Gasteiger partial charge in [0.2, 0.25) is 0 Å². The van der Waals surface area contributed by atoms with Crippen molar-refractivity contribution in [2.45, 2.75) is 32.4 Å². The van der Waals surface area contributed by atoms with Gasteiger partial charge in [-0.05, 0) is 44.4 Å². The van der Waals surface area contributed by atoms with Gasteiger partial charge in [0, 0.05) is 25.5 Å². The zero-order valence-electron chi connectivity index (χ0n) is 11.8. The van der Waals surface area contributed by atoms with Crippen LogP contribution in [0.5, 0.6) is 0 Å². The number of rotatable bonds is 5. The third-order valence-electron chi connectivity index (χ3n) is 4.04. The maximum absolute atomic E-state index is 4.21. The molecule has 102 valence electrons. The number of nitrogens with one attached hydrogen (secondary N) is 1. The van der Waals surface area contributed by atoms with E-state index >= 15 is 0 Å². The van der Waals surface area contributed by atoms with Crippen molar-refractivity contribution in [3.63, 3.8) is 0 Å². The first-order valence-corrected chi connectivity index (χ1v) is 6.87. The molecular weight excluding hydrogens is 238 g/mol. The van der Waals surface area contributed by atoms with E-state index in [1.807, 2.05) is 25.6 Å². The van der Waals surface area contributed by atoms with Crippen LogP contribution in [0.25, 0.3) is 0 Å². The lowest BCUT2D eigenvalue weighted by Gasteiger charge is -2.13. The van der Waals surface area contributed by atoms with Crippen LogP contribution in [0.4, 0.5) is 0 Å². The molecule has 1 saturated carbocycles. The van der Waals surface area contributed by atoms with E-state index in [0.717, 1.165) is 24.1 Å². The maximum atomic E-state index is 4.21. The number of nitrogens with zero attached hydrogens (tertiary/aromatic N) is 4. The van der Waals surface area contributed by atoms with Crippen LogP contribution in [0.2, 0.25) is 0 Å². The molecule has 1 atom stereocenters. The predicted octanol–water partition coefficient (Wildman–Crippen LogP) is 1.64.